The Bertz CT molecular complexity index is 1280. The molecule has 0 saturated heterocycles. The third kappa shape index (κ3) is 5.97. The van der Waals surface area contributed by atoms with E-state index in [1.807, 2.05) is 42.5 Å². The van der Waals surface area contributed by atoms with Crippen LogP contribution >= 0.6 is 11.6 Å². The molecule has 0 saturated carbocycles. The van der Waals surface area contributed by atoms with Gasteiger partial charge in [-0.15, -0.1) is 0 Å². The Balaban J connectivity index is 1.34. The monoisotopic (exact) mass is 475 g/mol. The highest BCUT2D eigenvalue weighted by Gasteiger charge is 2.12. The maximum Gasteiger partial charge on any atom is 0.224 e. The largest absolute Gasteiger partial charge is 0.494 e. The highest BCUT2D eigenvalue weighted by molar-refractivity contribution is 6.31. The van der Waals surface area contributed by atoms with Crippen LogP contribution in [0.5, 0.6) is 5.75 Å². The lowest BCUT2D eigenvalue weighted by molar-refractivity contribution is -0.120. The van der Waals surface area contributed by atoms with Gasteiger partial charge in [0.25, 0.3) is 0 Å². The predicted octanol–water partition coefficient (Wildman–Crippen LogP) is 5.68. The summed E-state index contributed by atoms with van der Waals surface area (Å²) in [5.41, 5.74) is 5.40. The number of nitrogens with one attached hydrogen (secondary N) is 1. The van der Waals surface area contributed by atoms with Crippen LogP contribution in [0.2, 0.25) is 5.02 Å². The molecule has 176 valence electrons. The van der Waals surface area contributed by atoms with Gasteiger partial charge in [-0.3, -0.25) is 4.79 Å². The molecule has 0 aliphatic carbocycles. The number of ether oxygens (including phenoxy) is 1. The summed E-state index contributed by atoms with van der Waals surface area (Å²) < 4.78 is 8.20. The second kappa shape index (κ2) is 11.2. The molecule has 6 heteroatoms. The highest BCUT2D eigenvalue weighted by atomic mass is 35.5. The molecular weight excluding hydrogens is 446 g/mol. The zero-order valence-corrected chi connectivity index (χ0v) is 20.4. The van der Waals surface area contributed by atoms with Crippen molar-refractivity contribution in [2.24, 2.45) is 0 Å². The van der Waals surface area contributed by atoms with E-state index in [9.17, 15) is 4.79 Å². The average Bonchev–Trinajstić information content (AvgIpc) is 3.18. The normalized spacial score (nSPS) is 11.0. The number of aryl methyl sites for hydroxylation is 3. The van der Waals surface area contributed by atoms with E-state index in [4.69, 9.17) is 21.3 Å². The van der Waals surface area contributed by atoms with Gasteiger partial charge in [-0.1, -0.05) is 48.0 Å². The molecule has 1 heterocycles. The minimum Gasteiger partial charge on any atom is -0.494 e. The molecule has 0 atom stereocenters. The number of benzene rings is 3. The van der Waals surface area contributed by atoms with E-state index < -0.39 is 0 Å². The van der Waals surface area contributed by atoms with E-state index in [-0.39, 0.29) is 12.3 Å². The van der Waals surface area contributed by atoms with Gasteiger partial charge in [-0.05, 0) is 67.3 Å². The Labute approximate surface area is 205 Å². The molecule has 0 radical (unpaired) electrons. The number of halogens is 1. The van der Waals surface area contributed by atoms with Gasteiger partial charge in [-0.2, -0.15) is 0 Å². The molecule has 0 spiro atoms. The summed E-state index contributed by atoms with van der Waals surface area (Å²) in [6.45, 7) is 6.15. The highest BCUT2D eigenvalue weighted by Crippen LogP contribution is 2.19. The van der Waals surface area contributed by atoms with Crippen LogP contribution in [0.25, 0.3) is 11.0 Å². The predicted molar refractivity (Wildman–Crippen MR) is 138 cm³/mol. The molecule has 1 N–H and O–H groups in total. The van der Waals surface area contributed by atoms with E-state index in [0.29, 0.717) is 24.6 Å². The van der Waals surface area contributed by atoms with Crippen LogP contribution in [-0.4, -0.2) is 28.6 Å². The van der Waals surface area contributed by atoms with Crippen LogP contribution < -0.4 is 10.1 Å². The fraction of sp³-hybridized carbons (Fsp3) is 0.286. The molecule has 0 bridgehead atoms. The van der Waals surface area contributed by atoms with Crippen LogP contribution in [0.4, 0.5) is 0 Å². The van der Waals surface area contributed by atoms with E-state index in [1.54, 1.807) is 6.07 Å². The van der Waals surface area contributed by atoms with Gasteiger partial charge >= 0.3 is 0 Å². The maximum absolute atomic E-state index is 12.4. The van der Waals surface area contributed by atoms with Crippen LogP contribution in [0.3, 0.4) is 0 Å². The van der Waals surface area contributed by atoms with Gasteiger partial charge in [0.2, 0.25) is 5.91 Å². The van der Waals surface area contributed by atoms with Crippen molar-refractivity contribution in [1.82, 2.24) is 14.9 Å². The second-order valence-electron chi connectivity index (χ2n) is 8.48. The molecule has 1 amide bonds. The lowest BCUT2D eigenvalue weighted by Crippen LogP contribution is -2.28. The second-order valence-corrected chi connectivity index (χ2v) is 8.89. The third-order valence-electron chi connectivity index (χ3n) is 5.99. The number of hydrogen-bond donors (Lipinski definition) is 1. The number of rotatable bonds is 10. The summed E-state index contributed by atoms with van der Waals surface area (Å²) in [5.74, 6) is 1.82. The van der Waals surface area contributed by atoms with E-state index >= 15 is 0 Å². The van der Waals surface area contributed by atoms with E-state index in [1.165, 1.54) is 11.1 Å². The van der Waals surface area contributed by atoms with E-state index in [2.05, 4.69) is 41.9 Å². The average molecular weight is 476 g/mol. The number of carbonyl (C=O) groups is 1. The topological polar surface area (TPSA) is 56.1 Å². The van der Waals surface area contributed by atoms with Crippen LogP contribution in [0, 0.1) is 13.8 Å². The fourth-order valence-electron chi connectivity index (χ4n) is 3.97. The summed E-state index contributed by atoms with van der Waals surface area (Å²) in [6, 6.07) is 21.8. The quantitative estimate of drug-likeness (QED) is 0.300. The summed E-state index contributed by atoms with van der Waals surface area (Å²) in [7, 11) is 0. The number of amides is 1. The van der Waals surface area contributed by atoms with Crippen molar-refractivity contribution < 1.29 is 9.53 Å². The van der Waals surface area contributed by atoms with Crippen LogP contribution in [0.15, 0.2) is 66.7 Å². The van der Waals surface area contributed by atoms with Gasteiger partial charge in [-0.25, -0.2) is 4.98 Å². The van der Waals surface area contributed by atoms with Crippen molar-refractivity contribution in [2.75, 3.05) is 13.2 Å². The molecule has 5 nitrogen and oxygen atoms in total. The Hall–Kier alpha value is -3.31. The van der Waals surface area contributed by atoms with Crippen molar-refractivity contribution in [3.63, 3.8) is 0 Å². The standard InChI is InChI=1S/C28H30ClN3O2/c1-20-12-13-23(18-21(20)2)34-17-7-16-32-26-11-6-5-10-25(26)31-27(32)14-15-30-28(33)19-22-8-3-4-9-24(22)29/h3-6,8-13,18H,7,14-17,19H2,1-2H3,(H,30,33). The molecule has 4 rings (SSSR count). The van der Waals surface area contributed by atoms with Crippen molar-refractivity contribution in [2.45, 2.75) is 39.7 Å². The molecule has 0 aliphatic rings. The Morgan fingerprint density at radius 2 is 1.82 bits per heavy atom. The minimum absolute atomic E-state index is 0.0439. The van der Waals surface area contributed by atoms with Gasteiger partial charge in [0, 0.05) is 24.5 Å². The summed E-state index contributed by atoms with van der Waals surface area (Å²) in [4.78, 5) is 17.2. The number of imidazole rings is 1. The number of carbonyl (C=O) groups excluding carboxylic acids is 1. The molecular formula is C28H30ClN3O2. The first-order valence-corrected chi connectivity index (χ1v) is 12.0. The Morgan fingerprint density at radius 3 is 2.65 bits per heavy atom. The van der Waals surface area contributed by atoms with Crippen molar-refractivity contribution in [1.29, 1.82) is 0 Å². The number of para-hydroxylation sites is 2. The third-order valence-corrected chi connectivity index (χ3v) is 6.36. The summed E-state index contributed by atoms with van der Waals surface area (Å²) >= 11 is 6.17. The van der Waals surface area contributed by atoms with Gasteiger partial charge in [0.05, 0.1) is 24.1 Å². The number of aromatic nitrogens is 2. The smallest absolute Gasteiger partial charge is 0.224 e. The van der Waals surface area contributed by atoms with Crippen molar-refractivity contribution >= 4 is 28.5 Å². The molecule has 34 heavy (non-hydrogen) atoms. The zero-order valence-electron chi connectivity index (χ0n) is 19.7. The molecule has 4 aromatic rings. The van der Waals surface area contributed by atoms with E-state index in [0.717, 1.165) is 41.1 Å². The molecule has 3 aromatic carbocycles. The van der Waals surface area contributed by atoms with Crippen LogP contribution in [-0.2, 0) is 24.2 Å². The first-order chi connectivity index (χ1) is 16.5. The Morgan fingerprint density at radius 1 is 1.03 bits per heavy atom. The maximum atomic E-state index is 12.4. The van der Waals surface area contributed by atoms with Crippen molar-refractivity contribution in [3.8, 4) is 5.75 Å². The summed E-state index contributed by atoms with van der Waals surface area (Å²) in [6.07, 6.45) is 1.78. The number of hydrogen-bond acceptors (Lipinski definition) is 3. The SMILES string of the molecule is Cc1ccc(OCCCn2c(CCNC(=O)Cc3ccccc3Cl)nc3ccccc32)cc1C. The number of nitrogens with zero attached hydrogens (tertiary/aromatic N) is 2. The lowest BCUT2D eigenvalue weighted by atomic mass is 10.1. The number of fused-ring (bicyclic) bond motifs is 1. The molecule has 0 aliphatic heterocycles. The molecule has 0 unspecified atom stereocenters. The van der Waals surface area contributed by atoms with Gasteiger partial charge < -0.3 is 14.6 Å². The van der Waals surface area contributed by atoms with Gasteiger partial charge in [0.15, 0.2) is 0 Å². The zero-order chi connectivity index (χ0) is 23.9. The first kappa shape index (κ1) is 23.8. The van der Waals surface area contributed by atoms with Crippen LogP contribution in [0.1, 0.15) is 28.9 Å². The minimum atomic E-state index is -0.0439. The van der Waals surface area contributed by atoms with Crippen molar-refractivity contribution in [3.05, 3.63) is 94.3 Å². The van der Waals surface area contributed by atoms with Gasteiger partial charge in [0.1, 0.15) is 11.6 Å². The lowest BCUT2D eigenvalue weighted by Gasteiger charge is -2.12. The fourth-order valence-corrected chi connectivity index (χ4v) is 4.18. The first-order valence-electron chi connectivity index (χ1n) is 11.7. The Kier molecular flexibility index (Phi) is 7.86. The molecule has 1 aromatic heterocycles. The summed E-state index contributed by atoms with van der Waals surface area (Å²) in [5, 5.41) is 3.61. The molecule has 0 fully saturated rings.